The van der Waals surface area contributed by atoms with Crippen molar-refractivity contribution >= 4 is 9.84 Å². The van der Waals surface area contributed by atoms with Crippen LogP contribution in [-0.2, 0) is 16.4 Å². The lowest BCUT2D eigenvalue weighted by Crippen LogP contribution is -2.27. The van der Waals surface area contributed by atoms with Crippen molar-refractivity contribution in [1.82, 2.24) is 0 Å². The predicted molar refractivity (Wildman–Crippen MR) is 70.2 cm³/mol. The maximum atomic E-state index is 11.3. The second-order valence-electron chi connectivity index (χ2n) is 4.01. The SMILES string of the molecule is CCS(=O)(=O)CC(O)COc1ccc(CN)cc1. The summed E-state index contributed by atoms with van der Waals surface area (Å²) in [5.41, 5.74) is 6.44. The molecule has 0 spiro atoms. The summed E-state index contributed by atoms with van der Waals surface area (Å²) in [6.45, 7) is 1.97. The second kappa shape index (κ2) is 6.72. The molecule has 18 heavy (non-hydrogen) atoms. The van der Waals surface area contributed by atoms with E-state index in [1.165, 1.54) is 0 Å². The van der Waals surface area contributed by atoms with Crippen molar-refractivity contribution in [3.63, 3.8) is 0 Å². The van der Waals surface area contributed by atoms with Crippen LogP contribution >= 0.6 is 0 Å². The zero-order valence-electron chi connectivity index (χ0n) is 10.4. The number of sulfone groups is 1. The van der Waals surface area contributed by atoms with Gasteiger partial charge in [0.15, 0.2) is 9.84 Å². The summed E-state index contributed by atoms with van der Waals surface area (Å²) >= 11 is 0. The summed E-state index contributed by atoms with van der Waals surface area (Å²) in [5, 5.41) is 9.55. The quantitative estimate of drug-likeness (QED) is 0.746. The molecule has 3 N–H and O–H groups in total. The molecule has 0 fully saturated rings. The van der Waals surface area contributed by atoms with Gasteiger partial charge in [-0.1, -0.05) is 19.1 Å². The minimum Gasteiger partial charge on any atom is -0.491 e. The first-order chi connectivity index (χ1) is 8.46. The molecule has 0 aliphatic heterocycles. The van der Waals surface area contributed by atoms with Crippen molar-refractivity contribution in [2.24, 2.45) is 5.73 Å². The minimum atomic E-state index is -3.18. The molecule has 0 radical (unpaired) electrons. The second-order valence-corrected chi connectivity index (χ2v) is 6.41. The molecule has 1 aromatic rings. The zero-order chi connectivity index (χ0) is 13.6. The van der Waals surface area contributed by atoms with Gasteiger partial charge in [-0.2, -0.15) is 0 Å². The van der Waals surface area contributed by atoms with E-state index in [4.69, 9.17) is 10.5 Å². The average molecular weight is 273 g/mol. The largest absolute Gasteiger partial charge is 0.491 e. The maximum absolute atomic E-state index is 11.3. The molecule has 0 bridgehead atoms. The van der Waals surface area contributed by atoms with E-state index < -0.39 is 15.9 Å². The van der Waals surface area contributed by atoms with E-state index in [0.29, 0.717) is 12.3 Å². The Morgan fingerprint density at radius 3 is 2.44 bits per heavy atom. The molecule has 1 rings (SSSR count). The van der Waals surface area contributed by atoms with Crippen LogP contribution in [0.4, 0.5) is 0 Å². The highest BCUT2D eigenvalue weighted by Gasteiger charge is 2.15. The first-order valence-electron chi connectivity index (χ1n) is 5.77. The smallest absolute Gasteiger partial charge is 0.152 e. The Morgan fingerprint density at radius 2 is 1.94 bits per heavy atom. The highest BCUT2D eigenvalue weighted by Crippen LogP contribution is 2.12. The number of benzene rings is 1. The average Bonchev–Trinajstić information content (AvgIpc) is 2.36. The monoisotopic (exact) mass is 273 g/mol. The summed E-state index contributed by atoms with van der Waals surface area (Å²) in [5.74, 6) is 0.333. The predicted octanol–water partition coefficient (Wildman–Crippen LogP) is 0.320. The molecule has 6 heteroatoms. The lowest BCUT2D eigenvalue weighted by Gasteiger charge is -2.12. The van der Waals surface area contributed by atoms with Gasteiger partial charge in [0.25, 0.3) is 0 Å². The first kappa shape index (κ1) is 14.9. The molecule has 0 saturated carbocycles. The van der Waals surface area contributed by atoms with Crippen LogP contribution in [0.3, 0.4) is 0 Å². The standard InChI is InChI=1S/C12H19NO4S/c1-2-18(15,16)9-11(14)8-17-12-5-3-10(7-13)4-6-12/h3-6,11,14H,2,7-9,13H2,1H3. The highest BCUT2D eigenvalue weighted by molar-refractivity contribution is 7.91. The van der Waals surface area contributed by atoms with Gasteiger partial charge in [-0.25, -0.2) is 8.42 Å². The van der Waals surface area contributed by atoms with Crippen LogP contribution in [0.5, 0.6) is 5.75 Å². The van der Waals surface area contributed by atoms with Crippen molar-refractivity contribution < 1.29 is 18.3 Å². The number of rotatable bonds is 7. The summed E-state index contributed by atoms with van der Waals surface area (Å²) in [6, 6.07) is 7.13. The van der Waals surface area contributed by atoms with Gasteiger partial charge >= 0.3 is 0 Å². The molecule has 0 aliphatic rings. The Bertz CT molecular complexity index is 455. The molecule has 1 aromatic carbocycles. The molecule has 0 amide bonds. The third-order valence-electron chi connectivity index (χ3n) is 2.49. The van der Waals surface area contributed by atoms with Gasteiger partial charge in [0.2, 0.25) is 0 Å². The third kappa shape index (κ3) is 5.03. The zero-order valence-corrected chi connectivity index (χ0v) is 11.2. The lowest BCUT2D eigenvalue weighted by molar-refractivity contribution is 0.125. The molecule has 0 heterocycles. The molecule has 0 saturated heterocycles. The van der Waals surface area contributed by atoms with Gasteiger partial charge < -0.3 is 15.6 Å². The summed E-state index contributed by atoms with van der Waals surface area (Å²) in [7, 11) is -3.18. The van der Waals surface area contributed by atoms with E-state index in [2.05, 4.69) is 0 Å². The van der Waals surface area contributed by atoms with Gasteiger partial charge in [-0.15, -0.1) is 0 Å². The van der Waals surface area contributed by atoms with Gasteiger partial charge in [-0.05, 0) is 17.7 Å². The summed E-state index contributed by atoms with van der Waals surface area (Å²) in [4.78, 5) is 0. The Labute approximate surface area is 107 Å². The molecule has 0 aliphatic carbocycles. The van der Waals surface area contributed by atoms with Crippen molar-refractivity contribution in [3.05, 3.63) is 29.8 Å². The van der Waals surface area contributed by atoms with Gasteiger partial charge in [0.1, 0.15) is 18.5 Å². The number of hydrogen-bond acceptors (Lipinski definition) is 5. The van der Waals surface area contributed by atoms with E-state index >= 15 is 0 Å². The number of hydrogen-bond donors (Lipinski definition) is 2. The van der Waals surface area contributed by atoms with Crippen molar-refractivity contribution in [1.29, 1.82) is 0 Å². The van der Waals surface area contributed by atoms with Crippen LogP contribution in [0.2, 0.25) is 0 Å². The molecular formula is C12H19NO4S. The van der Waals surface area contributed by atoms with Crippen molar-refractivity contribution in [3.8, 4) is 5.75 Å². The Hall–Kier alpha value is -1.11. The van der Waals surface area contributed by atoms with Gasteiger partial charge in [0.05, 0.1) is 5.75 Å². The molecule has 1 atom stereocenters. The fourth-order valence-corrected chi connectivity index (χ4v) is 2.29. The van der Waals surface area contributed by atoms with Crippen LogP contribution in [0.1, 0.15) is 12.5 Å². The molecule has 1 unspecified atom stereocenters. The van der Waals surface area contributed by atoms with Crippen LogP contribution in [0.15, 0.2) is 24.3 Å². The fraction of sp³-hybridized carbons (Fsp3) is 0.500. The first-order valence-corrected chi connectivity index (χ1v) is 7.59. The molecule has 0 aromatic heterocycles. The van der Waals surface area contributed by atoms with Crippen molar-refractivity contribution in [2.75, 3.05) is 18.1 Å². The Balaban J connectivity index is 2.44. The third-order valence-corrected chi connectivity index (χ3v) is 4.26. The summed E-state index contributed by atoms with van der Waals surface area (Å²) in [6.07, 6.45) is -1.01. The van der Waals surface area contributed by atoms with E-state index in [9.17, 15) is 13.5 Å². The van der Waals surface area contributed by atoms with Crippen LogP contribution in [-0.4, -0.2) is 37.7 Å². The number of aliphatic hydroxyl groups is 1. The van der Waals surface area contributed by atoms with Crippen LogP contribution < -0.4 is 10.5 Å². The normalized spacial score (nSPS) is 13.3. The minimum absolute atomic E-state index is 0.0231. The van der Waals surface area contributed by atoms with E-state index in [1.54, 1.807) is 19.1 Å². The number of ether oxygens (including phenoxy) is 1. The Kier molecular flexibility index (Phi) is 5.58. The molecular weight excluding hydrogens is 254 g/mol. The Morgan fingerprint density at radius 1 is 1.33 bits per heavy atom. The van der Waals surface area contributed by atoms with E-state index in [1.807, 2.05) is 12.1 Å². The number of aliphatic hydroxyl groups excluding tert-OH is 1. The van der Waals surface area contributed by atoms with Gasteiger partial charge in [0, 0.05) is 12.3 Å². The van der Waals surface area contributed by atoms with E-state index in [0.717, 1.165) is 5.56 Å². The van der Waals surface area contributed by atoms with Crippen molar-refractivity contribution in [2.45, 2.75) is 19.6 Å². The fourth-order valence-electron chi connectivity index (χ4n) is 1.37. The number of nitrogens with two attached hydrogens (primary N) is 1. The topological polar surface area (TPSA) is 89.6 Å². The van der Waals surface area contributed by atoms with E-state index in [-0.39, 0.29) is 18.1 Å². The maximum Gasteiger partial charge on any atom is 0.152 e. The van der Waals surface area contributed by atoms with Crippen LogP contribution in [0, 0.1) is 0 Å². The lowest BCUT2D eigenvalue weighted by atomic mass is 10.2. The highest BCUT2D eigenvalue weighted by atomic mass is 32.2. The summed E-state index contributed by atoms with van der Waals surface area (Å²) < 4.78 is 27.9. The van der Waals surface area contributed by atoms with Crippen LogP contribution in [0.25, 0.3) is 0 Å². The molecule has 102 valence electrons. The van der Waals surface area contributed by atoms with Gasteiger partial charge in [-0.3, -0.25) is 0 Å². The molecule has 5 nitrogen and oxygen atoms in total.